The first kappa shape index (κ1) is 14.4. The highest BCUT2D eigenvalue weighted by Crippen LogP contribution is 2.32. The summed E-state index contributed by atoms with van der Waals surface area (Å²) in [5.41, 5.74) is 0. The Morgan fingerprint density at radius 1 is 1.35 bits per heavy atom. The number of hydrogen-bond acceptors (Lipinski definition) is 3. The topological polar surface area (TPSA) is 54.4 Å². The van der Waals surface area contributed by atoms with E-state index in [0.717, 1.165) is 19.3 Å². The lowest BCUT2D eigenvalue weighted by Crippen LogP contribution is -2.18. The lowest BCUT2D eigenvalue weighted by molar-refractivity contribution is -0.122. The van der Waals surface area contributed by atoms with Gasteiger partial charge in [-0.25, -0.2) is 0 Å². The number of unbranched alkanes of at least 4 members (excludes halogenated alkanes) is 2. The fourth-order valence-electron chi connectivity index (χ4n) is 2.54. The van der Waals surface area contributed by atoms with Crippen molar-refractivity contribution in [2.45, 2.75) is 64.9 Å². The Labute approximate surface area is 104 Å². The molecule has 1 aliphatic rings. The number of carbonyl (C=O) groups excluding carboxylic acids is 2. The molecule has 1 fully saturated rings. The highest BCUT2D eigenvalue weighted by Gasteiger charge is 2.38. The second-order valence-electron chi connectivity index (χ2n) is 5.24. The van der Waals surface area contributed by atoms with Crippen molar-refractivity contribution in [3.8, 4) is 0 Å². The standard InChI is InChI=1S/C14H24O3/c1-3-4-5-6-11(15)7-8-12-10(2)13(16)9-14(12)17/h10,12-13,16H,3-9H2,1-2H3/t10-,12-,13+/m1/s1. The van der Waals surface area contributed by atoms with E-state index in [0.29, 0.717) is 19.3 Å². The van der Waals surface area contributed by atoms with Crippen molar-refractivity contribution in [1.82, 2.24) is 0 Å². The summed E-state index contributed by atoms with van der Waals surface area (Å²) < 4.78 is 0. The predicted molar refractivity (Wildman–Crippen MR) is 66.7 cm³/mol. The molecule has 1 saturated carbocycles. The monoisotopic (exact) mass is 240 g/mol. The van der Waals surface area contributed by atoms with Crippen molar-refractivity contribution < 1.29 is 14.7 Å². The third-order valence-electron chi connectivity index (χ3n) is 3.86. The molecule has 0 unspecified atom stereocenters. The molecule has 1 aliphatic carbocycles. The minimum Gasteiger partial charge on any atom is -0.392 e. The van der Waals surface area contributed by atoms with E-state index in [4.69, 9.17) is 0 Å². The molecule has 3 heteroatoms. The van der Waals surface area contributed by atoms with Gasteiger partial charge in [0.15, 0.2) is 0 Å². The summed E-state index contributed by atoms with van der Waals surface area (Å²) >= 11 is 0. The van der Waals surface area contributed by atoms with Gasteiger partial charge in [0.25, 0.3) is 0 Å². The van der Waals surface area contributed by atoms with Gasteiger partial charge >= 0.3 is 0 Å². The van der Waals surface area contributed by atoms with Crippen LogP contribution in [0.3, 0.4) is 0 Å². The number of aliphatic hydroxyl groups is 1. The summed E-state index contributed by atoms with van der Waals surface area (Å²) in [5.74, 6) is 0.317. The van der Waals surface area contributed by atoms with Gasteiger partial charge in [0.05, 0.1) is 6.10 Å². The molecule has 0 spiro atoms. The minimum atomic E-state index is -0.498. The van der Waals surface area contributed by atoms with Crippen LogP contribution in [0.25, 0.3) is 0 Å². The van der Waals surface area contributed by atoms with Crippen LogP contribution in [0, 0.1) is 11.8 Å². The maximum atomic E-state index is 11.6. The Balaban J connectivity index is 2.26. The van der Waals surface area contributed by atoms with Crippen LogP contribution in [0.5, 0.6) is 0 Å². The molecule has 3 nitrogen and oxygen atoms in total. The third-order valence-corrected chi connectivity index (χ3v) is 3.86. The van der Waals surface area contributed by atoms with E-state index in [1.54, 1.807) is 0 Å². The largest absolute Gasteiger partial charge is 0.392 e. The van der Waals surface area contributed by atoms with Crippen molar-refractivity contribution in [3.63, 3.8) is 0 Å². The number of Topliss-reactive ketones (excluding diaryl/α,β-unsaturated/α-hetero) is 2. The fraction of sp³-hybridized carbons (Fsp3) is 0.857. The molecule has 0 saturated heterocycles. The second-order valence-corrected chi connectivity index (χ2v) is 5.24. The van der Waals surface area contributed by atoms with Gasteiger partial charge in [-0.15, -0.1) is 0 Å². The Bertz CT molecular complexity index is 273. The van der Waals surface area contributed by atoms with Crippen LogP contribution in [0.15, 0.2) is 0 Å². The molecule has 0 aromatic carbocycles. The van der Waals surface area contributed by atoms with Crippen molar-refractivity contribution >= 4 is 11.6 Å². The van der Waals surface area contributed by atoms with Gasteiger partial charge in [-0.05, 0) is 18.8 Å². The minimum absolute atomic E-state index is 0.0194. The number of hydrogen-bond donors (Lipinski definition) is 1. The van der Waals surface area contributed by atoms with Gasteiger partial charge in [-0.2, -0.15) is 0 Å². The van der Waals surface area contributed by atoms with E-state index in [1.807, 2.05) is 6.92 Å². The fourth-order valence-corrected chi connectivity index (χ4v) is 2.54. The van der Waals surface area contributed by atoms with Crippen LogP contribution >= 0.6 is 0 Å². The van der Waals surface area contributed by atoms with Gasteiger partial charge < -0.3 is 5.11 Å². The smallest absolute Gasteiger partial charge is 0.138 e. The predicted octanol–water partition coefficient (Wildman–Crippen LogP) is 2.50. The molecule has 0 aliphatic heterocycles. The number of carbonyl (C=O) groups is 2. The molecule has 1 N–H and O–H groups in total. The zero-order valence-corrected chi connectivity index (χ0v) is 10.9. The van der Waals surface area contributed by atoms with Crippen LogP contribution in [0.1, 0.15) is 58.8 Å². The molecule has 0 radical (unpaired) electrons. The summed E-state index contributed by atoms with van der Waals surface area (Å²) in [6.07, 6.45) is 4.73. The Morgan fingerprint density at radius 2 is 2.06 bits per heavy atom. The van der Waals surface area contributed by atoms with Gasteiger partial charge in [0.2, 0.25) is 0 Å². The summed E-state index contributed by atoms with van der Waals surface area (Å²) in [6.45, 7) is 4.02. The third kappa shape index (κ3) is 4.23. The lowest BCUT2D eigenvalue weighted by atomic mass is 9.90. The second kappa shape index (κ2) is 6.90. The molecular formula is C14H24O3. The summed E-state index contributed by atoms with van der Waals surface area (Å²) in [7, 11) is 0. The van der Waals surface area contributed by atoms with Crippen LogP contribution < -0.4 is 0 Å². The quantitative estimate of drug-likeness (QED) is 0.696. The van der Waals surface area contributed by atoms with Crippen molar-refractivity contribution in [3.05, 3.63) is 0 Å². The molecule has 98 valence electrons. The Hall–Kier alpha value is -0.700. The van der Waals surface area contributed by atoms with Gasteiger partial charge in [0.1, 0.15) is 11.6 Å². The van der Waals surface area contributed by atoms with Crippen molar-refractivity contribution in [1.29, 1.82) is 0 Å². The lowest BCUT2D eigenvalue weighted by Gasteiger charge is -2.15. The van der Waals surface area contributed by atoms with Crippen LogP contribution in [0.2, 0.25) is 0 Å². The van der Waals surface area contributed by atoms with E-state index in [2.05, 4.69) is 6.92 Å². The highest BCUT2D eigenvalue weighted by atomic mass is 16.3. The first-order valence-electron chi connectivity index (χ1n) is 6.78. The van der Waals surface area contributed by atoms with E-state index in [9.17, 15) is 14.7 Å². The first-order chi connectivity index (χ1) is 8.06. The van der Waals surface area contributed by atoms with Crippen molar-refractivity contribution in [2.75, 3.05) is 0 Å². The average molecular weight is 240 g/mol. The zero-order chi connectivity index (χ0) is 12.8. The Morgan fingerprint density at radius 3 is 2.59 bits per heavy atom. The van der Waals surface area contributed by atoms with Crippen LogP contribution in [-0.2, 0) is 9.59 Å². The number of rotatable bonds is 7. The number of aliphatic hydroxyl groups excluding tert-OH is 1. The first-order valence-corrected chi connectivity index (χ1v) is 6.78. The summed E-state index contributed by atoms with van der Waals surface area (Å²) in [5, 5.41) is 9.57. The van der Waals surface area contributed by atoms with E-state index in [-0.39, 0.29) is 29.8 Å². The van der Waals surface area contributed by atoms with E-state index >= 15 is 0 Å². The molecular weight excluding hydrogens is 216 g/mol. The normalized spacial score (nSPS) is 28.6. The van der Waals surface area contributed by atoms with E-state index < -0.39 is 6.10 Å². The molecule has 0 amide bonds. The van der Waals surface area contributed by atoms with Gasteiger partial charge in [0, 0.05) is 25.2 Å². The molecule has 0 aromatic rings. The van der Waals surface area contributed by atoms with Crippen LogP contribution in [-0.4, -0.2) is 22.8 Å². The molecule has 0 bridgehead atoms. The number of ketones is 2. The van der Waals surface area contributed by atoms with Gasteiger partial charge in [-0.3, -0.25) is 9.59 Å². The van der Waals surface area contributed by atoms with Gasteiger partial charge in [-0.1, -0.05) is 26.7 Å². The zero-order valence-electron chi connectivity index (χ0n) is 10.9. The van der Waals surface area contributed by atoms with Crippen molar-refractivity contribution in [2.24, 2.45) is 11.8 Å². The molecule has 17 heavy (non-hydrogen) atoms. The SMILES string of the molecule is CCCCCC(=O)CC[C@H]1C(=O)C[C@H](O)[C@@H]1C. The molecule has 0 heterocycles. The highest BCUT2D eigenvalue weighted by molar-refractivity contribution is 5.85. The molecule has 1 rings (SSSR count). The molecule has 0 aromatic heterocycles. The average Bonchev–Trinajstić information content (AvgIpc) is 2.51. The summed E-state index contributed by atoms with van der Waals surface area (Å²) in [6, 6.07) is 0. The maximum absolute atomic E-state index is 11.6. The van der Waals surface area contributed by atoms with E-state index in [1.165, 1.54) is 0 Å². The maximum Gasteiger partial charge on any atom is 0.138 e. The molecule has 3 atom stereocenters. The Kier molecular flexibility index (Phi) is 5.83. The summed E-state index contributed by atoms with van der Waals surface area (Å²) in [4.78, 5) is 23.2. The van der Waals surface area contributed by atoms with Crippen LogP contribution in [0.4, 0.5) is 0 Å².